The van der Waals surface area contributed by atoms with Crippen molar-refractivity contribution in [2.45, 2.75) is 13.1 Å². The van der Waals surface area contributed by atoms with Crippen molar-refractivity contribution < 1.29 is 14.6 Å². The number of carboxylic acid groups (broad SMARTS) is 1. The van der Waals surface area contributed by atoms with E-state index >= 15 is 0 Å². The number of nitrogens with zero attached hydrogens (tertiary/aromatic N) is 3. The minimum absolute atomic E-state index is 0.0780. The van der Waals surface area contributed by atoms with Gasteiger partial charge in [0, 0.05) is 16.8 Å². The molecule has 0 amide bonds. The number of carboxylic acids is 1. The lowest BCUT2D eigenvalue weighted by Crippen LogP contribution is -2.35. The summed E-state index contributed by atoms with van der Waals surface area (Å²) in [4.78, 5) is 28.5. The van der Waals surface area contributed by atoms with Crippen LogP contribution in [0.5, 0.6) is 5.75 Å². The summed E-state index contributed by atoms with van der Waals surface area (Å²) in [5.74, 6) is -0.232. The monoisotopic (exact) mass is 364 g/mol. The van der Waals surface area contributed by atoms with Gasteiger partial charge < -0.3 is 15.2 Å². The van der Waals surface area contributed by atoms with Crippen LogP contribution in [0, 0.1) is 0 Å². The molecular weight excluding hydrogens is 348 g/mol. The van der Waals surface area contributed by atoms with Gasteiger partial charge in [-0.05, 0) is 43.3 Å². The zero-order valence-corrected chi connectivity index (χ0v) is 14.4. The lowest BCUT2D eigenvalue weighted by molar-refractivity contribution is -0.140. The van der Waals surface area contributed by atoms with Crippen molar-refractivity contribution in [2.24, 2.45) is 0 Å². The van der Waals surface area contributed by atoms with Gasteiger partial charge in [0.05, 0.1) is 6.61 Å². The number of para-hydroxylation sites is 1. The molecular formula is C19H16N4O4. The van der Waals surface area contributed by atoms with Gasteiger partial charge in [-0.25, -0.2) is 9.48 Å². The Kier molecular flexibility index (Phi) is 4.08. The molecule has 0 saturated carbocycles. The maximum atomic E-state index is 12.6. The Balaban J connectivity index is 1.87. The maximum Gasteiger partial charge on any atom is 0.349 e. The standard InChI is InChI=1S/C19H16N4O4/c1-2-27-12-9-7-11(8-10-12)15-18(24)21-16-13-5-3-4-6-14(13)20-17(19(25)26)23(16)22-15/h3-10,17,20H,2H2,1H3,(H,25,26)/t17-/m1/s1. The number of anilines is 1. The molecule has 136 valence electrons. The van der Waals surface area contributed by atoms with Gasteiger partial charge in [-0.15, -0.1) is 0 Å². The third-order valence-corrected chi connectivity index (χ3v) is 4.21. The Hall–Kier alpha value is -3.68. The number of fused-ring (bicyclic) bond motifs is 3. The number of rotatable bonds is 4. The van der Waals surface area contributed by atoms with Gasteiger partial charge in [0.2, 0.25) is 6.17 Å². The van der Waals surface area contributed by atoms with Gasteiger partial charge in [0.15, 0.2) is 11.5 Å². The van der Waals surface area contributed by atoms with E-state index in [9.17, 15) is 14.7 Å². The second kappa shape index (κ2) is 6.56. The van der Waals surface area contributed by atoms with Crippen molar-refractivity contribution in [3.8, 4) is 28.4 Å². The fourth-order valence-electron chi connectivity index (χ4n) is 3.00. The van der Waals surface area contributed by atoms with E-state index in [1.165, 1.54) is 4.68 Å². The summed E-state index contributed by atoms with van der Waals surface area (Å²) in [7, 11) is 0. The molecule has 0 radical (unpaired) electrons. The first kappa shape index (κ1) is 16.8. The fraction of sp³-hybridized carbons (Fsp3) is 0.158. The van der Waals surface area contributed by atoms with Crippen molar-refractivity contribution in [1.29, 1.82) is 0 Å². The van der Waals surface area contributed by atoms with Crippen LogP contribution in [0.4, 0.5) is 5.69 Å². The minimum Gasteiger partial charge on any atom is -0.494 e. The smallest absolute Gasteiger partial charge is 0.349 e. The van der Waals surface area contributed by atoms with Crippen LogP contribution in [-0.4, -0.2) is 32.4 Å². The molecule has 0 unspecified atom stereocenters. The zero-order valence-electron chi connectivity index (χ0n) is 14.4. The molecule has 3 aromatic rings. The van der Waals surface area contributed by atoms with Crippen LogP contribution in [0.3, 0.4) is 0 Å². The van der Waals surface area contributed by atoms with Gasteiger partial charge in [-0.2, -0.15) is 10.1 Å². The molecule has 4 rings (SSSR count). The summed E-state index contributed by atoms with van der Waals surface area (Å²) >= 11 is 0. The van der Waals surface area contributed by atoms with Crippen LogP contribution in [0.25, 0.3) is 22.6 Å². The highest BCUT2D eigenvalue weighted by Gasteiger charge is 2.31. The van der Waals surface area contributed by atoms with E-state index in [2.05, 4.69) is 15.4 Å². The van der Waals surface area contributed by atoms with Crippen LogP contribution < -0.4 is 15.6 Å². The first-order valence-electron chi connectivity index (χ1n) is 8.41. The van der Waals surface area contributed by atoms with E-state index in [-0.39, 0.29) is 11.5 Å². The third-order valence-electron chi connectivity index (χ3n) is 4.21. The third kappa shape index (κ3) is 2.91. The second-order valence-corrected chi connectivity index (χ2v) is 5.92. The molecule has 0 saturated heterocycles. The molecule has 0 spiro atoms. The number of benzene rings is 2. The summed E-state index contributed by atoms with van der Waals surface area (Å²) in [6.45, 7) is 2.41. The molecule has 1 atom stereocenters. The van der Waals surface area contributed by atoms with Gasteiger partial charge in [-0.3, -0.25) is 4.79 Å². The quantitative estimate of drug-likeness (QED) is 0.732. The van der Waals surface area contributed by atoms with Crippen molar-refractivity contribution in [3.63, 3.8) is 0 Å². The van der Waals surface area contributed by atoms with Crippen molar-refractivity contribution >= 4 is 11.7 Å². The SMILES string of the molecule is CCOc1ccc(-c2nn3c(nc2=O)-c2ccccc2N[C@H]3C(=O)O)cc1. The van der Waals surface area contributed by atoms with Crippen molar-refractivity contribution in [2.75, 3.05) is 11.9 Å². The Morgan fingerprint density at radius 1 is 1.22 bits per heavy atom. The van der Waals surface area contributed by atoms with Crippen LogP contribution in [0.15, 0.2) is 53.3 Å². The number of ether oxygens (including phenoxy) is 1. The Labute approximate surface area is 154 Å². The van der Waals surface area contributed by atoms with Crippen molar-refractivity contribution in [1.82, 2.24) is 14.8 Å². The maximum absolute atomic E-state index is 12.6. The molecule has 2 N–H and O–H groups in total. The zero-order chi connectivity index (χ0) is 19.0. The fourth-order valence-corrected chi connectivity index (χ4v) is 3.00. The number of aromatic nitrogens is 3. The minimum atomic E-state index is -1.16. The number of carbonyl (C=O) groups is 1. The lowest BCUT2D eigenvalue weighted by Gasteiger charge is -2.27. The topological polar surface area (TPSA) is 106 Å². The first-order chi connectivity index (χ1) is 13.1. The van der Waals surface area contributed by atoms with Crippen LogP contribution in [0.2, 0.25) is 0 Å². The van der Waals surface area contributed by atoms with E-state index in [1.807, 2.05) is 6.92 Å². The number of hydrogen-bond donors (Lipinski definition) is 2. The molecule has 1 aliphatic heterocycles. The highest BCUT2D eigenvalue weighted by molar-refractivity contribution is 5.84. The van der Waals surface area contributed by atoms with Crippen molar-refractivity contribution in [3.05, 3.63) is 58.9 Å². The lowest BCUT2D eigenvalue weighted by atomic mass is 10.1. The van der Waals surface area contributed by atoms with E-state index in [4.69, 9.17) is 4.74 Å². The van der Waals surface area contributed by atoms with Gasteiger partial charge >= 0.3 is 5.97 Å². The average molecular weight is 364 g/mol. The van der Waals surface area contributed by atoms with E-state index in [0.29, 0.717) is 29.2 Å². The molecule has 0 fully saturated rings. The molecule has 8 nitrogen and oxygen atoms in total. The van der Waals surface area contributed by atoms with Gasteiger partial charge in [0.1, 0.15) is 5.75 Å². The summed E-state index contributed by atoms with van der Waals surface area (Å²) in [6.07, 6.45) is -1.16. The molecule has 1 aliphatic rings. The molecule has 0 bridgehead atoms. The molecule has 8 heteroatoms. The molecule has 2 heterocycles. The summed E-state index contributed by atoms with van der Waals surface area (Å²) in [5, 5.41) is 16.8. The van der Waals surface area contributed by atoms with E-state index < -0.39 is 17.7 Å². The number of hydrogen-bond acceptors (Lipinski definition) is 6. The molecule has 27 heavy (non-hydrogen) atoms. The van der Waals surface area contributed by atoms with E-state index in [1.54, 1.807) is 48.5 Å². The predicted molar refractivity (Wildman–Crippen MR) is 98.6 cm³/mol. The number of aliphatic carboxylic acids is 1. The van der Waals surface area contributed by atoms with Crippen LogP contribution >= 0.6 is 0 Å². The average Bonchev–Trinajstić information content (AvgIpc) is 2.68. The molecule has 2 aromatic carbocycles. The normalized spacial score (nSPS) is 14.6. The Bertz CT molecular complexity index is 1080. The van der Waals surface area contributed by atoms with Gasteiger partial charge in [0.25, 0.3) is 5.56 Å². The second-order valence-electron chi connectivity index (χ2n) is 5.92. The number of nitrogens with one attached hydrogen (secondary N) is 1. The predicted octanol–water partition coefficient (Wildman–Crippen LogP) is 2.38. The van der Waals surface area contributed by atoms with E-state index in [0.717, 1.165) is 0 Å². The Morgan fingerprint density at radius 2 is 1.96 bits per heavy atom. The summed E-state index contributed by atoms with van der Waals surface area (Å²) < 4.78 is 6.63. The molecule has 1 aromatic heterocycles. The largest absolute Gasteiger partial charge is 0.494 e. The highest BCUT2D eigenvalue weighted by atomic mass is 16.5. The highest BCUT2D eigenvalue weighted by Crippen LogP contribution is 2.33. The summed E-state index contributed by atoms with van der Waals surface area (Å²) in [6, 6.07) is 13.9. The van der Waals surface area contributed by atoms with Crippen LogP contribution in [-0.2, 0) is 4.79 Å². The van der Waals surface area contributed by atoms with Crippen LogP contribution in [0.1, 0.15) is 13.1 Å². The van der Waals surface area contributed by atoms with Gasteiger partial charge in [-0.1, -0.05) is 12.1 Å². The Morgan fingerprint density at radius 3 is 2.67 bits per heavy atom. The molecule has 0 aliphatic carbocycles. The first-order valence-corrected chi connectivity index (χ1v) is 8.41. The summed E-state index contributed by atoms with van der Waals surface area (Å²) in [5.41, 5.74) is 1.31.